The minimum absolute atomic E-state index is 0.253. The average Bonchev–Trinajstić information content (AvgIpc) is 2.13. The third-order valence-corrected chi connectivity index (χ3v) is 1.66. The van der Waals surface area contributed by atoms with E-state index in [1.54, 1.807) is 39.0 Å². The van der Waals surface area contributed by atoms with E-state index in [1.165, 1.54) is 13.0 Å². The molecule has 0 radical (unpaired) electrons. The first-order valence-electron chi connectivity index (χ1n) is 5.45. The summed E-state index contributed by atoms with van der Waals surface area (Å²) in [6.45, 7) is 6.51. The molecular weight excluding hydrogens is 236 g/mol. The maximum absolute atomic E-state index is 11.4. The van der Waals surface area contributed by atoms with E-state index in [1.807, 2.05) is 0 Å². The van der Waals surface area contributed by atoms with Crippen LogP contribution in [0, 0.1) is 0 Å². The molecule has 98 valence electrons. The van der Waals surface area contributed by atoms with Crippen molar-refractivity contribution in [3.8, 4) is 11.5 Å². The molecule has 0 bridgehead atoms. The molecule has 0 unspecified atom stereocenters. The summed E-state index contributed by atoms with van der Waals surface area (Å²) in [6, 6.07) is 6.20. The van der Waals surface area contributed by atoms with Crippen LogP contribution in [0.4, 0.5) is 4.79 Å². The molecule has 5 nitrogen and oxygen atoms in total. The second-order valence-electron chi connectivity index (χ2n) is 4.63. The first kappa shape index (κ1) is 14.0. The van der Waals surface area contributed by atoms with Crippen molar-refractivity contribution >= 4 is 12.1 Å². The number of benzene rings is 1. The van der Waals surface area contributed by atoms with Crippen LogP contribution in [0.15, 0.2) is 24.3 Å². The molecule has 0 aliphatic carbocycles. The van der Waals surface area contributed by atoms with E-state index in [0.29, 0.717) is 5.75 Å². The SMILES string of the molecule is CC(=O)Oc1cccc(OC(=O)OC(C)(C)C)c1. The lowest BCUT2D eigenvalue weighted by molar-refractivity contribution is -0.131. The summed E-state index contributed by atoms with van der Waals surface area (Å²) in [6.07, 6.45) is -0.803. The molecule has 1 rings (SSSR count). The highest BCUT2D eigenvalue weighted by Gasteiger charge is 2.18. The fourth-order valence-electron chi connectivity index (χ4n) is 1.13. The Morgan fingerprint density at radius 3 is 2.11 bits per heavy atom. The Balaban J connectivity index is 2.67. The number of esters is 1. The van der Waals surface area contributed by atoms with Gasteiger partial charge in [0.15, 0.2) is 0 Å². The van der Waals surface area contributed by atoms with Crippen LogP contribution in [0.5, 0.6) is 11.5 Å². The van der Waals surface area contributed by atoms with Gasteiger partial charge in [-0.15, -0.1) is 0 Å². The van der Waals surface area contributed by atoms with Crippen LogP contribution in [0.1, 0.15) is 27.7 Å². The van der Waals surface area contributed by atoms with E-state index in [4.69, 9.17) is 14.2 Å². The molecule has 0 atom stereocenters. The van der Waals surface area contributed by atoms with Gasteiger partial charge in [-0.25, -0.2) is 4.79 Å². The summed E-state index contributed by atoms with van der Waals surface area (Å²) in [7, 11) is 0. The van der Waals surface area contributed by atoms with Gasteiger partial charge in [-0.2, -0.15) is 0 Å². The molecular formula is C13H16O5. The zero-order chi connectivity index (χ0) is 13.8. The van der Waals surface area contributed by atoms with E-state index >= 15 is 0 Å². The van der Waals surface area contributed by atoms with Crippen LogP contribution >= 0.6 is 0 Å². The van der Waals surface area contributed by atoms with Gasteiger partial charge in [0.2, 0.25) is 0 Å². The second kappa shape index (κ2) is 5.53. The number of ether oxygens (including phenoxy) is 3. The average molecular weight is 252 g/mol. The zero-order valence-electron chi connectivity index (χ0n) is 10.9. The Labute approximate surface area is 106 Å². The lowest BCUT2D eigenvalue weighted by atomic mass is 10.2. The van der Waals surface area contributed by atoms with E-state index in [2.05, 4.69) is 0 Å². The van der Waals surface area contributed by atoms with Crippen molar-refractivity contribution in [2.75, 3.05) is 0 Å². The molecule has 0 aliphatic heterocycles. The van der Waals surface area contributed by atoms with Gasteiger partial charge in [-0.1, -0.05) is 6.07 Å². The molecule has 1 aromatic rings. The monoisotopic (exact) mass is 252 g/mol. The number of rotatable bonds is 2. The van der Waals surface area contributed by atoms with Crippen LogP contribution in [0.25, 0.3) is 0 Å². The zero-order valence-corrected chi connectivity index (χ0v) is 10.9. The van der Waals surface area contributed by atoms with Gasteiger partial charge >= 0.3 is 12.1 Å². The normalized spacial score (nSPS) is 10.7. The van der Waals surface area contributed by atoms with Crippen LogP contribution in [0.3, 0.4) is 0 Å². The molecule has 18 heavy (non-hydrogen) atoms. The van der Waals surface area contributed by atoms with E-state index in [0.717, 1.165) is 0 Å². The van der Waals surface area contributed by atoms with E-state index in [-0.39, 0.29) is 5.75 Å². The lowest BCUT2D eigenvalue weighted by Gasteiger charge is -2.18. The number of carbonyl (C=O) groups excluding carboxylic acids is 2. The Morgan fingerprint density at radius 2 is 1.61 bits per heavy atom. The first-order valence-corrected chi connectivity index (χ1v) is 5.45. The van der Waals surface area contributed by atoms with Crippen molar-refractivity contribution in [3.63, 3.8) is 0 Å². The fourth-order valence-corrected chi connectivity index (χ4v) is 1.13. The van der Waals surface area contributed by atoms with Crippen LogP contribution in [-0.2, 0) is 9.53 Å². The van der Waals surface area contributed by atoms with Crippen molar-refractivity contribution in [2.24, 2.45) is 0 Å². The summed E-state index contributed by atoms with van der Waals surface area (Å²) in [4.78, 5) is 22.2. The molecule has 0 fully saturated rings. The van der Waals surface area contributed by atoms with Gasteiger partial charge in [0, 0.05) is 13.0 Å². The molecule has 0 amide bonds. The fraction of sp³-hybridized carbons (Fsp3) is 0.385. The molecule has 0 heterocycles. The number of carbonyl (C=O) groups is 2. The van der Waals surface area contributed by atoms with Gasteiger partial charge in [-0.3, -0.25) is 4.79 Å². The lowest BCUT2D eigenvalue weighted by Crippen LogP contribution is -2.25. The highest BCUT2D eigenvalue weighted by atomic mass is 16.7. The maximum Gasteiger partial charge on any atom is 0.514 e. The highest BCUT2D eigenvalue weighted by molar-refractivity contribution is 5.70. The van der Waals surface area contributed by atoms with Gasteiger partial charge in [0.1, 0.15) is 17.1 Å². The predicted octanol–water partition coefficient (Wildman–Crippen LogP) is 2.93. The summed E-state index contributed by atoms with van der Waals surface area (Å²) >= 11 is 0. The van der Waals surface area contributed by atoms with Crippen LogP contribution < -0.4 is 9.47 Å². The molecule has 0 saturated carbocycles. The van der Waals surface area contributed by atoms with Crippen LogP contribution in [0.2, 0.25) is 0 Å². The van der Waals surface area contributed by atoms with E-state index in [9.17, 15) is 9.59 Å². The van der Waals surface area contributed by atoms with Crippen LogP contribution in [-0.4, -0.2) is 17.7 Å². The summed E-state index contributed by atoms with van der Waals surface area (Å²) in [5.41, 5.74) is -0.620. The van der Waals surface area contributed by atoms with Crippen molar-refractivity contribution < 1.29 is 23.8 Å². The molecule has 0 saturated heterocycles. The van der Waals surface area contributed by atoms with Crippen molar-refractivity contribution in [1.82, 2.24) is 0 Å². The highest BCUT2D eigenvalue weighted by Crippen LogP contribution is 2.20. The summed E-state index contributed by atoms with van der Waals surface area (Å²) in [5, 5.41) is 0. The largest absolute Gasteiger partial charge is 0.514 e. The number of hydrogen-bond donors (Lipinski definition) is 0. The molecule has 0 spiro atoms. The molecule has 0 N–H and O–H groups in total. The molecule has 5 heteroatoms. The van der Waals surface area contributed by atoms with Crippen molar-refractivity contribution in [3.05, 3.63) is 24.3 Å². The Hall–Kier alpha value is -2.04. The minimum Gasteiger partial charge on any atom is -0.428 e. The second-order valence-corrected chi connectivity index (χ2v) is 4.63. The molecule has 0 aliphatic rings. The number of hydrogen-bond acceptors (Lipinski definition) is 5. The maximum atomic E-state index is 11.4. The van der Waals surface area contributed by atoms with Crippen molar-refractivity contribution in [2.45, 2.75) is 33.3 Å². The quantitative estimate of drug-likeness (QED) is 0.460. The standard InChI is InChI=1S/C13H16O5/c1-9(14)16-10-6-5-7-11(8-10)17-12(15)18-13(2,3)4/h5-8H,1-4H3. The Kier molecular flexibility index (Phi) is 4.31. The Morgan fingerprint density at radius 1 is 1.06 bits per heavy atom. The summed E-state index contributed by atoms with van der Waals surface area (Å²) in [5.74, 6) is 0.121. The topological polar surface area (TPSA) is 61.8 Å². The third-order valence-electron chi connectivity index (χ3n) is 1.66. The van der Waals surface area contributed by atoms with E-state index < -0.39 is 17.7 Å². The third kappa shape index (κ3) is 5.34. The molecule has 1 aromatic carbocycles. The smallest absolute Gasteiger partial charge is 0.428 e. The van der Waals surface area contributed by atoms with Gasteiger partial charge in [-0.05, 0) is 32.9 Å². The summed E-state index contributed by atoms with van der Waals surface area (Å²) < 4.78 is 14.8. The van der Waals surface area contributed by atoms with Crippen molar-refractivity contribution in [1.29, 1.82) is 0 Å². The first-order chi connectivity index (χ1) is 8.26. The van der Waals surface area contributed by atoms with Gasteiger partial charge in [0.25, 0.3) is 0 Å². The van der Waals surface area contributed by atoms with Gasteiger partial charge in [0.05, 0.1) is 0 Å². The Bertz CT molecular complexity index is 445. The minimum atomic E-state index is -0.803. The predicted molar refractivity (Wildman–Crippen MR) is 64.6 cm³/mol. The molecule has 0 aromatic heterocycles. The van der Waals surface area contributed by atoms with Gasteiger partial charge < -0.3 is 14.2 Å².